The minimum absolute atomic E-state index is 0.219. The van der Waals surface area contributed by atoms with Crippen molar-refractivity contribution in [2.24, 2.45) is 0 Å². The van der Waals surface area contributed by atoms with Crippen LogP contribution in [0, 0.1) is 0 Å². The molecule has 0 amide bonds. The Kier molecular flexibility index (Phi) is 4.70. The van der Waals surface area contributed by atoms with E-state index in [4.69, 9.17) is 9.47 Å². The molecule has 0 spiro atoms. The van der Waals surface area contributed by atoms with Gasteiger partial charge in [-0.05, 0) is 64.8 Å². The van der Waals surface area contributed by atoms with Crippen molar-refractivity contribution in [2.75, 3.05) is 5.32 Å². The van der Waals surface area contributed by atoms with Crippen molar-refractivity contribution in [1.82, 2.24) is 0 Å². The number of hydrogen-bond acceptors (Lipinski definition) is 3. The quantitative estimate of drug-likeness (QED) is 0.895. The van der Waals surface area contributed by atoms with Crippen LogP contribution in [0.25, 0.3) is 0 Å². The van der Waals surface area contributed by atoms with Crippen LogP contribution in [0.15, 0.2) is 24.3 Å². The van der Waals surface area contributed by atoms with Gasteiger partial charge >= 0.3 is 0 Å². The predicted octanol–water partition coefficient (Wildman–Crippen LogP) is 3.84. The SMILES string of the molecule is CC(C)Oc1ccc(NC2CC(C)OC(C)C2)cc1. The topological polar surface area (TPSA) is 30.5 Å². The molecule has 0 saturated carbocycles. The molecule has 2 rings (SSSR count). The lowest BCUT2D eigenvalue weighted by Gasteiger charge is -2.33. The second-order valence-corrected chi connectivity index (χ2v) is 5.76. The molecule has 1 saturated heterocycles. The molecule has 1 heterocycles. The van der Waals surface area contributed by atoms with Gasteiger partial charge in [-0.15, -0.1) is 0 Å². The molecule has 1 N–H and O–H groups in total. The standard InChI is InChI=1S/C16H25NO2/c1-11(2)18-16-7-5-14(6-8-16)17-15-9-12(3)19-13(4)10-15/h5-8,11-13,15,17H,9-10H2,1-4H3. The minimum Gasteiger partial charge on any atom is -0.491 e. The number of benzene rings is 1. The molecule has 1 aromatic rings. The fraction of sp³-hybridized carbons (Fsp3) is 0.625. The molecule has 3 nitrogen and oxygen atoms in total. The van der Waals surface area contributed by atoms with Crippen LogP contribution >= 0.6 is 0 Å². The normalized spacial score (nSPS) is 27.3. The van der Waals surface area contributed by atoms with Crippen LogP contribution < -0.4 is 10.1 Å². The number of rotatable bonds is 4. The molecule has 0 aromatic heterocycles. The number of anilines is 1. The number of hydrogen-bond donors (Lipinski definition) is 1. The van der Waals surface area contributed by atoms with Gasteiger partial charge in [-0.25, -0.2) is 0 Å². The van der Waals surface area contributed by atoms with Gasteiger partial charge in [0.25, 0.3) is 0 Å². The summed E-state index contributed by atoms with van der Waals surface area (Å²) in [7, 11) is 0. The summed E-state index contributed by atoms with van der Waals surface area (Å²) in [5, 5.41) is 3.59. The van der Waals surface area contributed by atoms with E-state index in [1.165, 1.54) is 0 Å². The van der Waals surface area contributed by atoms with Crippen molar-refractivity contribution in [3.05, 3.63) is 24.3 Å². The maximum atomic E-state index is 5.76. The van der Waals surface area contributed by atoms with E-state index in [9.17, 15) is 0 Å². The molecule has 1 fully saturated rings. The second kappa shape index (κ2) is 6.29. The zero-order valence-electron chi connectivity index (χ0n) is 12.3. The van der Waals surface area contributed by atoms with Gasteiger partial charge in [0.15, 0.2) is 0 Å². The van der Waals surface area contributed by atoms with Crippen molar-refractivity contribution in [3.63, 3.8) is 0 Å². The van der Waals surface area contributed by atoms with Crippen molar-refractivity contribution in [2.45, 2.75) is 64.9 Å². The Balaban J connectivity index is 1.92. The molecule has 1 aliphatic heterocycles. The van der Waals surface area contributed by atoms with E-state index in [-0.39, 0.29) is 6.10 Å². The fourth-order valence-corrected chi connectivity index (χ4v) is 2.66. The smallest absolute Gasteiger partial charge is 0.119 e. The summed E-state index contributed by atoms with van der Waals surface area (Å²) < 4.78 is 11.4. The summed E-state index contributed by atoms with van der Waals surface area (Å²) in [6, 6.07) is 8.71. The zero-order chi connectivity index (χ0) is 13.8. The maximum absolute atomic E-state index is 5.76. The Bertz CT molecular complexity index is 378. The van der Waals surface area contributed by atoms with Crippen LogP contribution in [-0.2, 0) is 4.74 Å². The van der Waals surface area contributed by atoms with Gasteiger partial charge in [-0.1, -0.05) is 0 Å². The van der Waals surface area contributed by atoms with Crippen LogP contribution in [0.1, 0.15) is 40.5 Å². The van der Waals surface area contributed by atoms with Crippen molar-refractivity contribution in [3.8, 4) is 5.75 Å². The molecule has 1 aromatic carbocycles. The first kappa shape index (κ1) is 14.2. The van der Waals surface area contributed by atoms with Gasteiger partial charge in [-0.3, -0.25) is 0 Å². The van der Waals surface area contributed by atoms with Crippen LogP contribution in [0.3, 0.4) is 0 Å². The van der Waals surface area contributed by atoms with Crippen molar-refractivity contribution in [1.29, 1.82) is 0 Å². The van der Waals surface area contributed by atoms with Crippen LogP contribution in [0.5, 0.6) is 5.75 Å². The summed E-state index contributed by atoms with van der Waals surface area (Å²) in [4.78, 5) is 0. The number of ether oxygens (including phenoxy) is 2. The Hall–Kier alpha value is -1.22. The average molecular weight is 263 g/mol. The molecular weight excluding hydrogens is 238 g/mol. The van der Waals surface area contributed by atoms with E-state index in [0.29, 0.717) is 18.2 Å². The summed E-state index contributed by atoms with van der Waals surface area (Å²) in [5.41, 5.74) is 1.16. The molecular formula is C16H25NO2. The van der Waals surface area contributed by atoms with Gasteiger partial charge in [-0.2, -0.15) is 0 Å². The first-order valence-corrected chi connectivity index (χ1v) is 7.21. The van der Waals surface area contributed by atoms with Crippen LogP contribution in [0.2, 0.25) is 0 Å². The maximum Gasteiger partial charge on any atom is 0.119 e. The third-order valence-electron chi connectivity index (χ3n) is 3.29. The molecule has 0 radical (unpaired) electrons. The molecule has 106 valence electrons. The highest BCUT2D eigenvalue weighted by Crippen LogP contribution is 2.24. The lowest BCUT2D eigenvalue weighted by Crippen LogP contribution is -2.36. The van der Waals surface area contributed by atoms with Crippen LogP contribution in [-0.4, -0.2) is 24.4 Å². The van der Waals surface area contributed by atoms with E-state index in [0.717, 1.165) is 24.3 Å². The molecule has 3 heteroatoms. The first-order chi connectivity index (χ1) is 9.02. The average Bonchev–Trinajstić information content (AvgIpc) is 2.29. The molecule has 0 aliphatic carbocycles. The van der Waals surface area contributed by atoms with E-state index < -0.39 is 0 Å². The van der Waals surface area contributed by atoms with Gasteiger partial charge in [0.05, 0.1) is 18.3 Å². The lowest BCUT2D eigenvalue weighted by atomic mass is 9.99. The molecule has 2 unspecified atom stereocenters. The van der Waals surface area contributed by atoms with Gasteiger partial charge in [0, 0.05) is 11.7 Å². The molecule has 1 aliphatic rings. The first-order valence-electron chi connectivity index (χ1n) is 7.21. The molecule has 0 bridgehead atoms. The highest BCUT2D eigenvalue weighted by atomic mass is 16.5. The van der Waals surface area contributed by atoms with Gasteiger partial charge in [0.1, 0.15) is 5.75 Å². The minimum atomic E-state index is 0.219. The summed E-state index contributed by atoms with van der Waals surface area (Å²) in [6.45, 7) is 8.36. The van der Waals surface area contributed by atoms with E-state index in [1.54, 1.807) is 0 Å². The second-order valence-electron chi connectivity index (χ2n) is 5.76. The van der Waals surface area contributed by atoms with E-state index in [1.807, 2.05) is 26.0 Å². The fourth-order valence-electron chi connectivity index (χ4n) is 2.66. The van der Waals surface area contributed by atoms with Crippen molar-refractivity contribution >= 4 is 5.69 Å². The Morgan fingerprint density at radius 1 is 1.11 bits per heavy atom. The number of nitrogens with one attached hydrogen (secondary N) is 1. The summed E-state index contributed by atoms with van der Waals surface area (Å²) in [6.07, 6.45) is 3.02. The Morgan fingerprint density at radius 2 is 1.68 bits per heavy atom. The van der Waals surface area contributed by atoms with Gasteiger partial charge < -0.3 is 14.8 Å². The summed E-state index contributed by atoms with van der Waals surface area (Å²) in [5.74, 6) is 0.925. The lowest BCUT2D eigenvalue weighted by molar-refractivity contribution is -0.0337. The largest absolute Gasteiger partial charge is 0.491 e. The highest BCUT2D eigenvalue weighted by Gasteiger charge is 2.24. The van der Waals surface area contributed by atoms with Crippen LogP contribution in [0.4, 0.5) is 5.69 Å². The predicted molar refractivity (Wildman–Crippen MR) is 78.9 cm³/mol. The van der Waals surface area contributed by atoms with E-state index in [2.05, 4.69) is 31.3 Å². The zero-order valence-corrected chi connectivity index (χ0v) is 12.3. The van der Waals surface area contributed by atoms with Crippen molar-refractivity contribution < 1.29 is 9.47 Å². The van der Waals surface area contributed by atoms with Gasteiger partial charge in [0.2, 0.25) is 0 Å². The molecule has 19 heavy (non-hydrogen) atoms. The third-order valence-corrected chi connectivity index (χ3v) is 3.29. The highest BCUT2D eigenvalue weighted by molar-refractivity contribution is 5.47. The third kappa shape index (κ3) is 4.43. The molecule has 2 atom stereocenters. The Morgan fingerprint density at radius 3 is 2.21 bits per heavy atom. The monoisotopic (exact) mass is 263 g/mol. The summed E-state index contributed by atoms with van der Waals surface area (Å²) >= 11 is 0. The van der Waals surface area contributed by atoms with E-state index >= 15 is 0 Å². The Labute approximate surface area is 116 Å².